The van der Waals surface area contributed by atoms with Gasteiger partial charge in [-0.3, -0.25) is 0 Å². The van der Waals surface area contributed by atoms with Crippen molar-refractivity contribution in [2.24, 2.45) is 0 Å². The van der Waals surface area contributed by atoms with E-state index in [9.17, 15) is 0 Å². The molecule has 2 heterocycles. The summed E-state index contributed by atoms with van der Waals surface area (Å²) in [5, 5.41) is 4.50. The van der Waals surface area contributed by atoms with Crippen molar-refractivity contribution in [2.75, 3.05) is 0 Å². The molecule has 1 aliphatic rings. The highest BCUT2D eigenvalue weighted by atomic mass is 35.5. The first kappa shape index (κ1) is 11.7. The molecule has 3 rings (SSSR count). The van der Waals surface area contributed by atoms with Crippen molar-refractivity contribution in [3.05, 3.63) is 17.5 Å². The van der Waals surface area contributed by atoms with Crippen LogP contribution in [0.15, 0.2) is 12.4 Å². The molecule has 1 aliphatic carbocycles. The summed E-state index contributed by atoms with van der Waals surface area (Å²) in [6.07, 6.45) is 8.95. The second-order valence-corrected chi connectivity index (χ2v) is 5.01. The van der Waals surface area contributed by atoms with E-state index in [4.69, 9.17) is 16.3 Å². The van der Waals surface area contributed by atoms with Gasteiger partial charge in [0.05, 0.1) is 0 Å². The number of hydrogen-bond donors (Lipinski definition) is 0. The predicted octanol–water partition coefficient (Wildman–Crippen LogP) is 2.88. The molecule has 2 aromatic rings. The maximum atomic E-state index is 6.02. The Morgan fingerprint density at radius 1 is 1.22 bits per heavy atom. The fourth-order valence-electron chi connectivity index (χ4n) is 2.37. The lowest BCUT2D eigenvalue weighted by molar-refractivity contribution is 0.171. The molecule has 0 spiro atoms. The minimum Gasteiger partial charge on any atom is -0.474 e. The molecule has 0 N–H and O–H groups in total. The van der Waals surface area contributed by atoms with Gasteiger partial charge in [0, 0.05) is 6.07 Å². The van der Waals surface area contributed by atoms with E-state index in [0.29, 0.717) is 16.8 Å². The number of ether oxygens (including phenoxy) is 1. The van der Waals surface area contributed by atoms with Crippen molar-refractivity contribution < 1.29 is 4.74 Å². The van der Waals surface area contributed by atoms with Gasteiger partial charge in [-0.05, 0) is 25.7 Å². The van der Waals surface area contributed by atoms with E-state index in [2.05, 4.69) is 15.1 Å². The molecule has 5 nitrogen and oxygen atoms in total. The summed E-state index contributed by atoms with van der Waals surface area (Å²) >= 11 is 5.96. The molecular weight excluding hydrogens is 252 g/mol. The summed E-state index contributed by atoms with van der Waals surface area (Å²) in [6, 6.07) is 1.70. The fourth-order valence-corrected chi connectivity index (χ4v) is 2.54. The van der Waals surface area contributed by atoms with Crippen molar-refractivity contribution in [1.29, 1.82) is 0 Å². The molecule has 1 saturated carbocycles. The Labute approximate surface area is 110 Å². The van der Waals surface area contributed by atoms with Crippen molar-refractivity contribution in [1.82, 2.24) is 19.6 Å². The quantitative estimate of drug-likeness (QED) is 0.620. The molecule has 1 fully saturated rings. The number of hydrogen-bond acceptors (Lipinski definition) is 4. The van der Waals surface area contributed by atoms with Crippen LogP contribution < -0.4 is 4.74 Å². The van der Waals surface area contributed by atoms with Crippen LogP contribution in [-0.4, -0.2) is 25.7 Å². The van der Waals surface area contributed by atoms with Gasteiger partial charge in [-0.25, -0.2) is 0 Å². The summed E-state index contributed by atoms with van der Waals surface area (Å²) in [5.74, 6) is 1.11. The van der Waals surface area contributed by atoms with Crippen LogP contribution in [-0.2, 0) is 0 Å². The molecule has 6 heteroatoms. The van der Waals surface area contributed by atoms with E-state index in [-0.39, 0.29) is 6.10 Å². The molecule has 0 atom stereocenters. The van der Waals surface area contributed by atoms with Gasteiger partial charge in [0.15, 0.2) is 0 Å². The SMILES string of the molecule is Clc1cc(OC2CCCCCC2)n2ncnc2n1. The summed E-state index contributed by atoms with van der Waals surface area (Å²) in [7, 11) is 0. The molecule has 0 bridgehead atoms. The molecule has 0 saturated heterocycles. The van der Waals surface area contributed by atoms with Crippen LogP contribution in [0.1, 0.15) is 38.5 Å². The number of fused-ring (bicyclic) bond motifs is 1. The van der Waals surface area contributed by atoms with Crippen LogP contribution in [0.2, 0.25) is 5.15 Å². The molecule has 96 valence electrons. The highest BCUT2D eigenvalue weighted by Gasteiger charge is 2.16. The third-order valence-electron chi connectivity index (χ3n) is 3.28. The monoisotopic (exact) mass is 266 g/mol. The Morgan fingerprint density at radius 3 is 2.78 bits per heavy atom. The maximum Gasteiger partial charge on any atom is 0.256 e. The van der Waals surface area contributed by atoms with Crippen LogP contribution in [0.25, 0.3) is 5.78 Å². The number of halogens is 1. The minimum atomic E-state index is 0.248. The molecule has 0 amide bonds. The van der Waals surface area contributed by atoms with Gasteiger partial charge in [-0.15, -0.1) is 0 Å². The zero-order valence-corrected chi connectivity index (χ0v) is 10.8. The topological polar surface area (TPSA) is 52.3 Å². The van der Waals surface area contributed by atoms with E-state index in [1.165, 1.54) is 32.0 Å². The number of rotatable bonds is 2. The standard InChI is InChI=1S/C12H15ClN4O/c13-10-7-11(17-12(16-10)14-8-15-17)18-9-5-3-1-2-4-6-9/h7-9H,1-6H2. The first-order valence-corrected chi connectivity index (χ1v) is 6.74. The van der Waals surface area contributed by atoms with Gasteiger partial charge < -0.3 is 4.74 Å². The van der Waals surface area contributed by atoms with E-state index < -0.39 is 0 Å². The van der Waals surface area contributed by atoms with Crippen molar-refractivity contribution in [3.8, 4) is 5.88 Å². The highest BCUT2D eigenvalue weighted by molar-refractivity contribution is 6.29. The largest absolute Gasteiger partial charge is 0.474 e. The Hall–Kier alpha value is -1.36. The van der Waals surface area contributed by atoms with Crippen molar-refractivity contribution in [3.63, 3.8) is 0 Å². The van der Waals surface area contributed by atoms with Crippen molar-refractivity contribution >= 4 is 17.4 Å². The van der Waals surface area contributed by atoms with Gasteiger partial charge >= 0.3 is 0 Å². The Kier molecular flexibility index (Phi) is 3.32. The fraction of sp³-hybridized carbons (Fsp3) is 0.583. The third kappa shape index (κ3) is 2.41. The Bertz CT molecular complexity index is 534. The third-order valence-corrected chi connectivity index (χ3v) is 3.47. The highest BCUT2D eigenvalue weighted by Crippen LogP contribution is 2.24. The summed E-state index contributed by atoms with van der Waals surface area (Å²) in [5.41, 5.74) is 0. The van der Waals surface area contributed by atoms with E-state index in [1.54, 1.807) is 10.6 Å². The van der Waals surface area contributed by atoms with E-state index in [0.717, 1.165) is 12.8 Å². The molecule has 0 aromatic carbocycles. The summed E-state index contributed by atoms with van der Waals surface area (Å²) in [6.45, 7) is 0. The van der Waals surface area contributed by atoms with Crippen LogP contribution in [0.5, 0.6) is 5.88 Å². The van der Waals surface area contributed by atoms with Crippen LogP contribution in [0, 0.1) is 0 Å². The lowest BCUT2D eigenvalue weighted by Gasteiger charge is -2.17. The second kappa shape index (κ2) is 5.10. The second-order valence-electron chi connectivity index (χ2n) is 4.62. The average molecular weight is 267 g/mol. The molecule has 0 radical (unpaired) electrons. The van der Waals surface area contributed by atoms with Crippen LogP contribution in [0.4, 0.5) is 0 Å². The molecule has 2 aromatic heterocycles. The van der Waals surface area contributed by atoms with E-state index in [1.807, 2.05) is 0 Å². The lowest BCUT2D eigenvalue weighted by atomic mass is 10.1. The zero-order chi connectivity index (χ0) is 12.4. The van der Waals surface area contributed by atoms with Crippen LogP contribution >= 0.6 is 11.6 Å². The molecule has 18 heavy (non-hydrogen) atoms. The smallest absolute Gasteiger partial charge is 0.256 e. The Morgan fingerprint density at radius 2 is 2.00 bits per heavy atom. The van der Waals surface area contributed by atoms with Gasteiger partial charge in [0.2, 0.25) is 5.88 Å². The lowest BCUT2D eigenvalue weighted by Crippen LogP contribution is -2.17. The van der Waals surface area contributed by atoms with Gasteiger partial charge in [0.25, 0.3) is 5.78 Å². The normalized spacial score (nSPS) is 17.8. The maximum absolute atomic E-state index is 6.02. The summed E-state index contributed by atoms with van der Waals surface area (Å²) < 4.78 is 7.62. The van der Waals surface area contributed by atoms with Gasteiger partial charge in [-0.2, -0.15) is 19.6 Å². The van der Waals surface area contributed by atoms with Gasteiger partial charge in [0.1, 0.15) is 17.6 Å². The first-order valence-electron chi connectivity index (χ1n) is 6.36. The molecule has 0 aliphatic heterocycles. The van der Waals surface area contributed by atoms with Crippen LogP contribution in [0.3, 0.4) is 0 Å². The zero-order valence-electron chi connectivity index (χ0n) is 10.0. The predicted molar refractivity (Wildman–Crippen MR) is 67.9 cm³/mol. The Balaban J connectivity index is 1.86. The number of nitrogens with zero attached hydrogens (tertiary/aromatic N) is 4. The first-order chi connectivity index (χ1) is 8.83. The van der Waals surface area contributed by atoms with Crippen molar-refractivity contribution in [2.45, 2.75) is 44.6 Å². The molecule has 0 unspecified atom stereocenters. The van der Waals surface area contributed by atoms with Gasteiger partial charge in [-0.1, -0.05) is 24.4 Å². The summed E-state index contributed by atoms with van der Waals surface area (Å²) in [4.78, 5) is 8.11. The average Bonchev–Trinajstić information content (AvgIpc) is 2.66. The van der Waals surface area contributed by atoms with E-state index >= 15 is 0 Å². The number of aromatic nitrogens is 4. The molecular formula is C12H15ClN4O. The minimum absolute atomic E-state index is 0.248.